The molecule has 0 fully saturated rings. The van der Waals surface area contributed by atoms with Gasteiger partial charge >= 0.3 is 0 Å². The zero-order valence-corrected chi connectivity index (χ0v) is 16.6. The Balaban J connectivity index is 1.76. The third kappa shape index (κ3) is 6.85. The van der Waals surface area contributed by atoms with Gasteiger partial charge in [-0.1, -0.05) is 32.0 Å². The van der Waals surface area contributed by atoms with Crippen LogP contribution in [0.5, 0.6) is 5.75 Å². The van der Waals surface area contributed by atoms with Crippen LogP contribution in [0, 0.1) is 10.1 Å². The van der Waals surface area contributed by atoms with Crippen molar-refractivity contribution in [2.24, 2.45) is 0 Å². The maximum atomic E-state index is 12.1. The number of thiocarbonyl (C=S) groups is 1. The zero-order chi connectivity index (χ0) is 21.4. The molecule has 0 radical (unpaired) electrons. The number of rotatable bonds is 6. The van der Waals surface area contributed by atoms with Gasteiger partial charge in [0.15, 0.2) is 11.7 Å². The van der Waals surface area contributed by atoms with Gasteiger partial charge in [-0.05, 0) is 41.9 Å². The number of ether oxygens (including phenoxy) is 1. The number of hydrazine groups is 1. The fraction of sp³-hybridized carbons (Fsp3) is 0.211. The van der Waals surface area contributed by atoms with Crippen molar-refractivity contribution < 1.29 is 19.2 Å². The number of carbonyl (C=O) groups is 2. The van der Waals surface area contributed by atoms with Crippen LogP contribution in [-0.4, -0.2) is 28.5 Å². The Morgan fingerprint density at radius 2 is 1.83 bits per heavy atom. The highest BCUT2D eigenvalue weighted by Crippen LogP contribution is 2.18. The Kier molecular flexibility index (Phi) is 7.61. The van der Waals surface area contributed by atoms with Crippen LogP contribution >= 0.6 is 12.2 Å². The van der Waals surface area contributed by atoms with Gasteiger partial charge in [-0.2, -0.15) is 0 Å². The molecule has 2 aromatic rings. The Hall–Kier alpha value is -3.53. The maximum Gasteiger partial charge on any atom is 0.276 e. The number of carbonyl (C=O) groups excluding carboxylic acids is 2. The van der Waals surface area contributed by atoms with Crippen molar-refractivity contribution in [3.63, 3.8) is 0 Å². The van der Waals surface area contributed by atoms with Crippen molar-refractivity contribution in [3.8, 4) is 5.75 Å². The number of nitro groups is 1. The lowest BCUT2D eigenvalue weighted by Crippen LogP contribution is -2.49. The monoisotopic (exact) mass is 416 g/mol. The highest BCUT2D eigenvalue weighted by Gasteiger charge is 2.13. The second-order valence-electron chi connectivity index (χ2n) is 6.28. The van der Waals surface area contributed by atoms with E-state index in [0.29, 0.717) is 11.7 Å². The predicted molar refractivity (Wildman–Crippen MR) is 110 cm³/mol. The summed E-state index contributed by atoms with van der Waals surface area (Å²) in [6, 6.07) is 12.6. The van der Waals surface area contributed by atoms with Crippen LogP contribution in [-0.2, 0) is 4.79 Å². The molecule has 0 saturated carbocycles. The normalized spacial score (nSPS) is 10.2. The van der Waals surface area contributed by atoms with Crippen LogP contribution in [0.3, 0.4) is 0 Å². The van der Waals surface area contributed by atoms with Crippen LogP contribution in [0.25, 0.3) is 0 Å². The molecule has 0 bridgehead atoms. The van der Waals surface area contributed by atoms with E-state index in [2.05, 4.69) is 30.0 Å². The van der Waals surface area contributed by atoms with Gasteiger partial charge in [0.05, 0.1) is 4.92 Å². The van der Waals surface area contributed by atoms with Gasteiger partial charge in [-0.3, -0.25) is 35.9 Å². The lowest BCUT2D eigenvalue weighted by molar-refractivity contribution is -0.384. The fourth-order valence-electron chi connectivity index (χ4n) is 2.23. The summed E-state index contributed by atoms with van der Waals surface area (Å²) in [6.07, 6.45) is 0. The van der Waals surface area contributed by atoms with Gasteiger partial charge in [0, 0.05) is 17.7 Å². The van der Waals surface area contributed by atoms with E-state index in [4.69, 9.17) is 17.0 Å². The van der Waals surface area contributed by atoms with E-state index in [-0.39, 0.29) is 23.0 Å². The third-order valence-electron chi connectivity index (χ3n) is 3.78. The second kappa shape index (κ2) is 10.1. The summed E-state index contributed by atoms with van der Waals surface area (Å²) in [4.78, 5) is 34.0. The summed E-state index contributed by atoms with van der Waals surface area (Å²) in [5.74, 6) is -0.215. The standard InChI is InChI=1S/C19H20N4O5S/c1-12(2)13-6-8-16(9-7-13)28-11-17(24)21-22-19(29)20-18(25)14-4-3-5-15(10-14)23(26)27/h3-10,12H,11H2,1-2H3,(H,21,24)(H2,20,22,25,29). The van der Waals surface area contributed by atoms with Gasteiger partial charge in [0.2, 0.25) is 0 Å². The van der Waals surface area contributed by atoms with Crippen LogP contribution in [0.2, 0.25) is 0 Å². The minimum atomic E-state index is -0.651. The van der Waals surface area contributed by atoms with Crippen molar-refractivity contribution in [1.29, 1.82) is 0 Å². The minimum Gasteiger partial charge on any atom is -0.484 e. The molecular weight excluding hydrogens is 396 g/mol. The fourth-order valence-corrected chi connectivity index (χ4v) is 2.37. The van der Waals surface area contributed by atoms with Gasteiger partial charge < -0.3 is 4.74 Å². The van der Waals surface area contributed by atoms with E-state index in [1.165, 1.54) is 18.2 Å². The molecule has 0 atom stereocenters. The number of hydrogen-bond acceptors (Lipinski definition) is 6. The lowest BCUT2D eigenvalue weighted by atomic mass is 10.0. The largest absolute Gasteiger partial charge is 0.484 e. The molecule has 0 aromatic heterocycles. The molecule has 2 rings (SSSR count). The van der Waals surface area contributed by atoms with Crippen LogP contribution in [0.1, 0.15) is 35.7 Å². The van der Waals surface area contributed by atoms with E-state index in [0.717, 1.165) is 11.6 Å². The Bertz CT molecular complexity index is 915. The average Bonchev–Trinajstić information content (AvgIpc) is 2.71. The number of benzene rings is 2. The predicted octanol–water partition coefficient (Wildman–Crippen LogP) is 2.43. The summed E-state index contributed by atoms with van der Waals surface area (Å²) in [5.41, 5.74) is 5.66. The van der Waals surface area contributed by atoms with Crippen molar-refractivity contribution in [1.82, 2.24) is 16.2 Å². The number of non-ortho nitro benzene ring substituents is 1. The Morgan fingerprint density at radius 1 is 1.14 bits per heavy atom. The molecule has 152 valence electrons. The van der Waals surface area contributed by atoms with Gasteiger partial charge in [-0.25, -0.2) is 0 Å². The Morgan fingerprint density at radius 3 is 2.45 bits per heavy atom. The molecule has 0 aliphatic heterocycles. The van der Waals surface area contributed by atoms with Gasteiger partial charge in [-0.15, -0.1) is 0 Å². The summed E-state index contributed by atoms with van der Waals surface area (Å²) in [6.45, 7) is 3.90. The van der Waals surface area contributed by atoms with Crippen molar-refractivity contribution in [2.45, 2.75) is 19.8 Å². The van der Waals surface area contributed by atoms with E-state index in [9.17, 15) is 19.7 Å². The molecule has 2 aromatic carbocycles. The molecule has 0 unspecified atom stereocenters. The first kappa shape index (κ1) is 21.8. The van der Waals surface area contributed by atoms with E-state index < -0.39 is 16.7 Å². The van der Waals surface area contributed by atoms with E-state index in [1.54, 1.807) is 12.1 Å². The van der Waals surface area contributed by atoms with E-state index >= 15 is 0 Å². The molecular formula is C19H20N4O5S. The Labute approximate surface area is 172 Å². The number of amides is 2. The molecule has 10 heteroatoms. The molecule has 3 N–H and O–H groups in total. The summed E-state index contributed by atoms with van der Waals surface area (Å²) < 4.78 is 5.37. The molecule has 9 nitrogen and oxygen atoms in total. The topological polar surface area (TPSA) is 123 Å². The molecule has 0 aliphatic rings. The summed E-state index contributed by atoms with van der Waals surface area (Å²) in [7, 11) is 0. The average molecular weight is 416 g/mol. The van der Waals surface area contributed by atoms with Crippen LogP contribution in [0.15, 0.2) is 48.5 Å². The van der Waals surface area contributed by atoms with Gasteiger partial charge in [0.1, 0.15) is 5.75 Å². The number of nitrogens with one attached hydrogen (secondary N) is 3. The third-order valence-corrected chi connectivity index (χ3v) is 3.98. The minimum absolute atomic E-state index is 0.0582. The number of nitro benzene ring substituents is 1. The molecule has 0 aliphatic carbocycles. The highest BCUT2D eigenvalue weighted by atomic mass is 32.1. The lowest BCUT2D eigenvalue weighted by Gasteiger charge is -2.12. The molecule has 0 spiro atoms. The van der Waals surface area contributed by atoms with Gasteiger partial charge in [0.25, 0.3) is 17.5 Å². The number of nitrogens with zero attached hydrogens (tertiary/aromatic N) is 1. The summed E-state index contributed by atoms with van der Waals surface area (Å²) in [5, 5.41) is 12.9. The number of hydrogen-bond donors (Lipinski definition) is 3. The highest BCUT2D eigenvalue weighted by molar-refractivity contribution is 7.80. The van der Waals surface area contributed by atoms with Crippen LogP contribution in [0.4, 0.5) is 5.69 Å². The molecule has 0 saturated heterocycles. The molecule has 29 heavy (non-hydrogen) atoms. The smallest absolute Gasteiger partial charge is 0.276 e. The first-order valence-electron chi connectivity index (χ1n) is 8.63. The van der Waals surface area contributed by atoms with E-state index in [1.807, 2.05) is 12.1 Å². The molecule has 0 heterocycles. The quantitative estimate of drug-likeness (QED) is 0.375. The van der Waals surface area contributed by atoms with Crippen molar-refractivity contribution >= 4 is 34.8 Å². The SMILES string of the molecule is CC(C)c1ccc(OCC(=O)NNC(=S)NC(=O)c2cccc([N+](=O)[O-])c2)cc1. The molecule has 2 amide bonds. The second-order valence-corrected chi connectivity index (χ2v) is 6.68. The zero-order valence-electron chi connectivity index (χ0n) is 15.8. The van der Waals surface area contributed by atoms with Crippen molar-refractivity contribution in [3.05, 3.63) is 69.8 Å². The van der Waals surface area contributed by atoms with Crippen LogP contribution < -0.4 is 20.9 Å². The first-order chi connectivity index (χ1) is 13.8. The first-order valence-corrected chi connectivity index (χ1v) is 9.04. The summed E-state index contributed by atoms with van der Waals surface area (Å²) >= 11 is 4.92. The maximum absolute atomic E-state index is 12.1. The van der Waals surface area contributed by atoms with Crippen molar-refractivity contribution in [2.75, 3.05) is 6.61 Å².